The van der Waals surface area contributed by atoms with Crippen molar-refractivity contribution >= 4 is 15.9 Å². The quantitative estimate of drug-likeness (QED) is 0.676. The van der Waals surface area contributed by atoms with E-state index >= 15 is 0 Å². The normalized spacial score (nSPS) is 17.7. The highest BCUT2D eigenvalue weighted by Crippen LogP contribution is 2.35. The van der Waals surface area contributed by atoms with Crippen LogP contribution in [0, 0.1) is 23.2 Å². The fourth-order valence-corrected chi connectivity index (χ4v) is 6.05. The molecule has 1 unspecified atom stereocenters. The van der Waals surface area contributed by atoms with Gasteiger partial charge in [0, 0.05) is 19.0 Å². The van der Waals surface area contributed by atoms with Crippen LogP contribution in [-0.4, -0.2) is 44.9 Å². The Morgan fingerprint density at radius 1 is 1.09 bits per heavy atom. The number of rotatable bonds is 6. The molecule has 0 saturated carbocycles. The number of carbonyl (C=O) groups is 1. The second kappa shape index (κ2) is 10.0. The molecule has 2 aliphatic heterocycles. The molecule has 8 nitrogen and oxygen atoms in total. The summed E-state index contributed by atoms with van der Waals surface area (Å²) in [6.45, 7) is 5.57. The molecule has 1 atom stereocenters. The highest BCUT2D eigenvalue weighted by Gasteiger charge is 2.34. The van der Waals surface area contributed by atoms with Gasteiger partial charge in [0.1, 0.15) is 19.3 Å². The zero-order valence-electron chi connectivity index (χ0n) is 19.4. The first-order chi connectivity index (χ1) is 16.3. The summed E-state index contributed by atoms with van der Waals surface area (Å²) < 4.78 is 38.8. The molecule has 1 N–H and O–H groups in total. The Kier molecular flexibility index (Phi) is 7.10. The van der Waals surface area contributed by atoms with Gasteiger partial charge in [-0.25, -0.2) is 8.42 Å². The van der Waals surface area contributed by atoms with E-state index in [1.165, 1.54) is 16.4 Å². The molecule has 2 aromatic carbocycles. The average molecular weight is 484 g/mol. The number of hydrogen-bond donors (Lipinski definition) is 1. The van der Waals surface area contributed by atoms with Gasteiger partial charge >= 0.3 is 0 Å². The van der Waals surface area contributed by atoms with Crippen LogP contribution in [0.25, 0.3) is 0 Å². The van der Waals surface area contributed by atoms with E-state index in [1.807, 2.05) is 38.1 Å². The van der Waals surface area contributed by atoms with Gasteiger partial charge in [0.15, 0.2) is 11.5 Å². The summed E-state index contributed by atoms with van der Waals surface area (Å²) in [6, 6.07) is 13.7. The van der Waals surface area contributed by atoms with Crippen LogP contribution in [0.5, 0.6) is 11.5 Å². The second-order valence-corrected chi connectivity index (χ2v) is 10.8. The average Bonchev–Trinajstić information content (AvgIpc) is 2.86. The van der Waals surface area contributed by atoms with E-state index in [-0.39, 0.29) is 47.3 Å². The van der Waals surface area contributed by atoms with Gasteiger partial charge in [0.05, 0.1) is 16.5 Å². The van der Waals surface area contributed by atoms with Crippen LogP contribution < -0.4 is 14.8 Å². The molecule has 34 heavy (non-hydrogen) atoms. The van der Waals surface area contributed by atoms with Gasteiger partial charge < -0.3 is 14.8 Å². The molecule has 2 aliphatic rings. The van der Waals surface area contributed by atoms with Crippen molar-refractivity contribution in [2.75, 3.05) is 26.3 Å². The van der Waals surface area contributed by atoms with Crippen LogP contribution in [-0.2, 0) is 14.8 Å². The molecule has 1 fully saturated rings. The highest BCUT2D eigenvalue weighted by atomic mass is 32.2. The number of nitrogens with zero attached hydrogens (tertiary/aromatic N) is 2. The summed E-state index contributed by atoms with van der Waals surface area (Å²) in [5, 5.41) is 12.4. The molecule has 1 saturated heterocycles. The minimum absolute atomic E-state index is 0.0129. The lowest BCUT2D eigenvalue weighted by atomic mass is 9.92. The van der Waals surface area contributed by atoms with Crippen molar-refractivity contribution in [3.05, 3.63) is 53.6 Å². The predicted octanol–water partition coefficient (Wildman–Crippen LogP) is 3.24. The maximum absolute atomic E-state index is 13.1. The summed E-state index contributed by atoms with van der Waals surface area (Å²) >= 11 is 0. The molecule has 0 bridgehead atoms. The third-order valence-electron chi connectivity index (χ3n) is 6.34. The Balaban J connectivity index is 1.42. The summed E-state index contributed by atoms with van der Waals surface area (Å²) in [5.41, 5.74) is 1.07. The molecule has 9 heteroatoms. The number of ether oxygens (including phenoxy) is 2. The number of piperidine rings is 1. The molecule has 0 radical (unpaired) electrons. The van der Waals surface area contributed by atoms with E-state index < -0.39 is 10.0 Å². The van der Waals surface area contributed by atoms with Crippen LogP contribution >= 0.6 is 0 Å². The van der Waals surface area contributed by atoms with Crippen molar-refractivity contribution in [2.45, 2.75) is 37.6 Å². The number of amides is 1. The largest absolute Gasteiger partial charge is 0.486 e. The zero-order chi connectivity index (χ0) is 24.3. The van der Waals surface area contributed by atoms with Crippen molar-refractivity contribution in [1.29, 1.82) is 5.26 Å². The molecule has 4 rings (SSSR count). The van der Waals surface area contributed by atoms with E-state index in [0.717, 1.165) is 5.56 Å². The number of sulfonamides is 1. The Labute approximate surface area is 200 Å². The van der Waals surface area contributed by atoms with Crippen LogP contribution in [0.3, 0.4) is 0 Å². The van der Waals surface area contributed by atoms with Crippen LogP contribution in [0.15, 0.2) is 47.4 Å². The van der Waals surface area contributed by atoms with Crippen molar-refractivity contribution in [3.8, 4) is 17.6 Å². The third kappa shape index (κ3) is 4.88. The van der Waals surface area contributed by atoms with Gasteiger partial charge in [-0.05, 0) is 48.6 Å². The molecule has 2 heterocycles. The summed E-state index contributed by atoms with van der Waals surface area (Å²) in [4.78, 5) is 13.1. The Hall–Kier alpha value is -3.09. The minimum atomic E-state index is -3.79. The SMILES string of the molecule is CC(C)C(NC(=O)C1CCN(S(=O)(=O)c2ccccc2C#N)CC1)c1ccc2c(c1)OCCO2. The molecule has 0 aromatic heterocycles. The zero-order valence-corrected chi connectivity index (χ0v) is 20.2. The van der Waals surface area contributed by atoms with Gasteiger partial charge in [-0.3, -0.25) is 4.79 Å². The topological polar surface area (TPSA) is 109 Å². The minimum Gasteiger partial charge on any atom is -0.486 e. The van der Waals surface area contributed by atoms with Crippen LogP contribution in [0.4, 0.5) is 0 Å². The molecule has 0 aliphatic carbocycles. The van der Waals surface area contributed by atoms with E-state index in [1.54, 1.807) is 12.1 Å². The van der Waals surface area contributed by atoms with Crippen molar-refractivity contribution in [3.63, 3.8) is 0 Å². The number of fused-ring (bicyclic) bond motifs is 1. The van der Waals surface area contributed by atoms with Crippen molar-refractivity contribution in [1.82, 2.24) is 9.62 Å². The highest BCUT2D eigenvalue weighted by molar-refractivity contribution is 7.89. The molecule has 0 spiro atoms. The summed E-state index contributed by atoms with van der Waals surface area (Å²) in [7, 11) is -3.79. The van der Waals surface area contributed by atoms with Gasteiger partial charge in [-0.1, -0.05) is 32.0 Å². The first kappa shape index (κ1) is 24.0. The van der Waals surface area contributed by atoms with Crippen LogP contribution in [0.2, 0.25) is 0 Å². The lowest BCUT2D eigenvalue weighted by molar-refractivity contribution is -0.127. The summed E-state index contributed by atoms with van der Waals surface area (Å²) in [5.74, 6) is 1.17. The molecule has 1 amide bonds. The number of nitriles is 1. The third-order valence-corrected chi connectivity index (χ3v) is 8.30. The van der Waals surface area contributed by atoms with Crippen molar-refractivity contribution < 1.29 is 22.7 Å². The Bertz CT molecular complexity index is 1200. The van der Waals surface area contributed by atoms with Gasteiger partial charge in [-0.15, -0.1) is 0 Å². The van der Waals surface area contributed by atoms with Gasteiger partial charge in [0.2, 0.25) is 15.9 Å². The standard InChI is InChI=1S/C25H29N3O5S/c1-17(2)24(19-7-8-21-22(15-19)33-14-13-32-21)27-25(29)18-9-11-28(12-10-18)34(30,31)23-6-4-3-5-20(23)16-26/h3-8,15,17-18,24H,9-14H2,1-2H3,(H,27,29). The number of hydrogen-bond acceptors (Lipinski definition) is 6. The maximum atomic E-state index is 13.1. The van der Waals surface area contributed by atoms with Gasteiger partial charge in [-0.2, -0.15) is 9.57 Å². The second-order valence-electron chi connectivity index (χ2n) is 8.92. The fourth-order valence-electron chi connectivity index (χ4n) is 4.44. The Morgan fingerprint density at radius 2 is 1.76 bits per heavy atom. The lowest BCUT2D eigenvalue weighted by Crippen LogP contribution is -2.44. The smallest absolute Gasteiger partial charge is 0.244 e. The van der Waals surface area contributed by atoms with E-state index in [0.29, 0.717) is 37.6 Å². The monoisotopic (exact) mass is 483 g/mol. The molecular formula is C25H29N3O5S. The number of carbonyl (C=O) groups excluding carboxylic acids is 1. The predicted molar refractivity (Wildman–Crippen MR) is 126 cm³/mol. The summed E-state index contributed by atoms with van der Waals surface area (Å²) in [6.07, 6.45) is 0.845. The maximum Gasteiger partial charge on any atom is 0.244 e. The fraction of sp³-hybridized carbons (Fsp3) is 0.440. The number of benzene rings is 2. The number of nitrogens with one attached hydrogen (secondary N) is 1. The van der Waals surface area contributed by atoms with Crippen molar-refractivity contribution in [2.24, 2.45) is 11.8 Å². The van der Waals surface area contributed by atoms with E-state index in [4.69, 9.17) is 9.47 Å². The van der Waals surface area contributed by atoms with E-state index in [9.17, 15) is 18.5 Å². The van der Waals surface area contributed by atoms with E-state index in [2.05, 4.69) is 5.32 Å². The first-order valence-corrected chi connectivity index (χ1v) is 12.9. The first-order valence-electron chi connectivity index (χ1n) is 11.5. The van der Waals surface area contributed by atoms with Crippen LogP contribution in [0.1, 0.15) is 43.9 Å². The van der Waals surface area contributed by atoms with Gasteiger partial charge in [0.25, 0.3) is 0 Å². The lowest BCUT2D eigenvalue weighted by Gasteiger charge is -2.32. The molecule has 2 aromatic rings. The molecular weight excluding hydrogens is 454 g/mol. The Morgan fingerprint density at radius 3 is 2.44 bits per heavy atom. The molecule has 180 valence electrons.